The van der Waals surface area contributed by atoms with Crippen molar-refractivity contribution in [1.82, 2.24) is 5.32 Å². The highest BCUT2D eigenvalue weighted by molar-refractivity contribution is 6.31. The van der Waals surface area contributed by atoms with Gasteiger partial charge in [0.05, 0.1) is 0 Å². The largest absolute Gasteiger partial charge is 0.316 e. The maximum absolute atomic E-state index is 6.26. The summed E-state index contributed by atoms with van der Waals surface area (Å²) in [6.45, 7) is 4.32. The van der Waals surface area contributed by atoms with Crippen LogP contribution in [0.2, 0.25) is 5.02 Å². The van der Waals surface area contributed by atoms with E-state index in [9.17, 15) is 0 Å². The summed E-state index contributed by atoms with van der Waals surface area (Å²) in [6, 6.07) is 15.1. The molecule has 0 aliphatic carbocycles. The molecule has 2 heteroatoms. The van der Waals surface area contributed by atoms with Crippen molar-refractivity contribution in [3.63, 3.8) is 0 Å². The van der Waals surface area contributed by atoms with Gasteiger partial charge < -0.3 is 5.32 Å². The molecule has 0 aromatic heterocycles. The van der Waals surface area contributed by atoms with Crippen molar-refractivity contribution < 1.29 is 0 Å². The lowest BCUT2D eigenvalue weighted by molar-refractivity contribution is 0.555. The van der Waals surface area contributed by atoms with Crippen molar-refractivity contribution in [2.45, 2.75) is 32.7 Å². The van der Waals surface area contributed by atoms with Crippen LogP contribution in [0.3, 0.4) is 0 Å². The SMILES string of the molecule is CNC(Cc1cc(C)ccc1C)Cc1ccccc1Cl. The number of nitrogens with one attached hydrogen (secondary N) is 1. The molecule has 20 heavy (non-hydrogen) atoms. The summed E-state index contributed by atoms with van der Waals surface area (Å²) in [7, 11) is 2.02. The zero-order valence-corrected chi connectivity index (χ0v) is 13.2. The molecule has 0 saturated carbocycles. The molecule has 106 valence electrons. The molecule has 2 aromatic carbocycles. The lowest BCUT2D eigenvalue weighted by Gasteiger charge is -2.18. The number of halogens is 1. The Labute approximate surface area is 127 Å². The van der Waals surface area contributed by atoms with Gasteiger partial charge in [-0.2, -0.15) is 0 Å². The van der Waals surface area contributed by atoms with Crippen LogP contribution in [0, 0.1) is 13.8 Å². The van der Waals surface area contributed by atoms with Gasteiger partial charge in [-0.25, -0.2) is 0 Å². The van der Waals surface area contributed by atoms with Crippen molar-refractivity contribution in [2.24, 2.45) is 0 Å². The van der Waals surface area contributed by atoms with Crippen LogP contribution in [0.4, 0.5) is 0 Å². The predicted molar refractivity (Wildman–Crippen MR) is 87.6 cm³/mol. The van der Waals surface area contributed by atoms with E-state index in [0.29, 0.717) is 6.04 Å². The van der Waals surface area contributed by atoms with Gasteiger partial charge >= 0.3 is 0 Å². The van der Waals surface area contributed by atoms with E-state index >= 15 is 0 Å². The number of rotatable bonds is 5. The highest BCUT2D eigenvalue weighted by atomic mass is 35.5. The Morgan fingerprint density at radius 2 is 1.70 bits per heavy atom. The van der Waals surface area contributed by atoms with Crippen LogP contribution in [0.25, 0.3) is 0 Å². The van der Waals surface area contributed by atoms with E-state index < -0.39 is 0 Å². The average molecular weight is 288 g/mol. The van der Waals surface area contributed by atoms with Crippen LogP contribution in [0.1, 0.15) is 22.3 Å². The third-order valence-corrected chi connectivity index (χ3v) is 4.17. The van der Waals surface area contributed by atoms with E-state index in [-0.39, 0.29) is 0 Å². The van der Waals surface area contributed by atoms with E-state index in [2.05, 4.69) is 43.4 Å². The Morgan fingerprint density at radius 3 is 2.40 bits per heavy atom. The van der Waals surface area contributed by atoms with Gasteiger partial charge in [0, 0.05) is 11.1 Å². The lowest BCUT2D eigenvalue weighted by Crippen LogP contribution is -2.30. The Hall–Kier alpha value is -1.31. The van der Waals surface area contributed by atoms with Gasteiger partial charge in [-0.05, 0) is 56.5 Å². The van der Waals surface area contributed by atoms with Crippen LogP contribution in [0.5, 0.6) is 0 Å². The van der Waals surface area contributed by atoms with Crippen LogP contribution in [-0.4, -0.2) is 13.1 Å². The van der Waals surface area contributed by atoms with Crippen LogP contribution >= 0.6 is 11.6 Å². The molecule has 2 aromatic rings. The molecule has 2 rings (SSSR count). The first-order valence-electron chi connectivity index (χ1n) is 7.07. The van der Waals surface area contributed by atoms with E-state index in [1.165, 1.54) is 22.3 Å². The van der Waals surface area contributed by atoms with Gasteiger partial charge in [-0.15, -0.1) is 0 Å². The van der Waals surface area contributed by atoms with E-state index in [0.717, 1.165) is 17.9 Å². The number of aryl methyl sites for hydroxylation is 2. The Morgan fingerprint density at radius 1 is 1.00 bits per heavy atom. The second-order valence-corrected chi connectivity index (χ2v) is 5.82. The molecule has 0 amide bonds. The highest BCUT2D eigenvalue weighted by Crippen LogP contribution is 2.19. The molecular weight excluding hydrogens is 266 g/mol. The van der Waals surface area contributed by atoms with Gasteiger partial charge in [-0.3, -0.25) is 0 Å². The van der Waals surface area contributed by atoms with Gasteiger partial charge in [-0.1, -0.05) is 53.6 Å². The van der Waals surface area contributed by atoms with Crippen LogP contribution in [0.15, 0.2) is 42.5 Å². The maximum atomic E-state index is 6.26. The van der Waals surface area contributed by atoms with Gasteiger partial charge in [0.2, 0.25) is 0 Å². The molecule has 1 unspecified atom stereocenters. The molecule has 0 spiro atoms. The molecule has 0 aliphatic heterocycles. The third-order valence-electron chi connectivity index (χ3n) is 3.80. The second-order valence-electron chi connectivity index (χ2n) is 5.42. The zero-order valence-electron chi connectivity index (χ0n) is 12.4. The van der Waals surface area contributed by atoms with Crippen molar-refractivity contribution in [1.29, 1.82) is 0 Å². The van der Waals surface area contributed by atoms with Crippen molar-refractivity contribution >= 4 is 11.6 Å². The molecular formula is C18H22ClN. The maximum Gasteiger partial charge on any atom is 0.0438 e. The molecule has 1 nitrogen and oxygen atoms in total. The second kappa shape index (κ2) is 6.92. The highest BCUT2D eigenvalue weighted by Gasteiger charge is 2.12. The molecule has 1 atom stereocenters. The molecule has 0 heterocycles. The fourth-order valence-electron chi connectivity index (χ4n) is 2.49. The van der Waals surface area contributed by atoms with Gasteiger partial charge in [0.25, 0.3) is 0 Å². The van der Waals surface area contributed by atoms with Crippen molar-refractivity contribution in [3.05, 3.63) is 69.7 Å². The molecule has 0 fully saturated rings. The fraction of sp³-hybridized carbons (Fsp3) is 0.333. The Kier molecular flexibility index (Phi) is 5.22. The predicted octanol–water partition coefficient (Wildman–Crippen LogP) is 4.33. The Bertz CT molecular complexity index is 577. The number of hydrogen-bond acceptors (Lipinski definition) is 1. The smallest absolute Gasteiger partial charge is 0.0438 e. The number of likely N-dealkylation sites (N-methyl/N-ethyl adjacent to an activating group) is 1. The van der Waals surface area contributed by atoms with E-state index in [4.69, 9.17) is 11.6 Å². The first kappa shape index (κ1) is 15.1. The first-order valence-corrected chi connectivity index (χ1v) is 7.44. The molecule has 0 saturated heterocycles. The van der Waals surface area contributed by atoms with E-state index in [1.54, 1.807) is 0 Å². The van der Waals surface area contributed by atoms with Gasteiger partial charge in [0.15, 0.2) is 0 Å². The minimum atomic E-state index is 0.399. The van der Waals surface area contributed by atoms with Crippen molar-refractivity contribution in [2.75, 3.05) is 7.05 Å². The summed E-state index contributed by atoms with van der Waals surface area (Å²) in [5.41, 5.74) is 5.29. The quantitative estimate of drug-likeness (QED) is 0.863. The third kappa shape index (κ3) is 3.84. The summed E-state index contributed by atoms with van der Waals surface area (Å²) < 4.78 is 0. The minimum absolute atomic E-state index is 0.399. The summed E-state index contributed by atoms with van der Waals surface area (Å²) in [4.78, 5) is 0. The van der Waals surface area contributed by atoms with Crippen LogP contribution < -0.4 is 5.32 Å². The monoisotopic (exact) mass is 287 g/mol. The minimum Gasteiger partial charge on any atom is -0.316 e. The zero-order chi connectivity index (χ0) is 14.5. The average Bonchev–Trinajstić information content (AvgIpc) is 2.44. The summed E-state index contributed by atoms with van der Waals surface area (Å²) >= 11 is 6.26. The van der Waals surface area contributed by atoms with Gasteiger partial charge in [0.1, 0.15) is 0 Å². The normalized spacial score (nSPS) is 12.4. The van der Waals surface area contributed by atoms with Crippen LogP contribution in [-0.2, 0) is 12.8 Å². The first-order chi connectivity index (χ1) is 9.60. The topological polar surface area (TPSA) is 12.0 Å². The standard InChI is InChI=1S/C18H22ClN/c1-13-8-9-14(2)16(10-13)12-17(20-3)11-15-6-4-5-7-18(15)19/h4-10,17,20H,11-12H2,1-3H3. The summed E-state index contributed by atoms with van der Waals surface area (Å²) in [5.74, 6) is 0. The molecule has 0 aliphatic rings. The molecule has 1 N–H and O–H groups in total. The number of benzene rings is 2. The number of hydrogen-bond donors (Lipinski definition) is 1. The summed E-state index contributed by atoms with van der Waals surface area (Å²) in [5, 5.41) is 4.27. The summed E-state index contributed by atoms with van der Waals surface area (Å²) in [6.07, 6.45) is 1.97. The van der Waals surface area contributed by atoms with Crippen molar-refractivity contribution in [3.8, 4) is 0 Å². The lowest BCUT2D eigenvalue weighted by atomic mass is 9.95. The fourth-order valence-corrected chi connectivity index (χ4v) is 2.70. The molecule has 0 bridgehead atoms. The van der Waals surface area contributed by atoms with E-state index in [1.807, 2.05) is 25.2 Å². The molecule has 0 radical (unpaired) electrons. The Balaban J connectivity index is 2.13.